The van der Waals surface area contributed by atoms with Crippen LogP contribution < -0.4 is 5.32 Å². The van der Waals surface area contributed by atoms with E-state index in [9.17, 15) is 9.59 Å². The fourth-order valence-electron chi connectivity index (χ4n) is 2.98. The zero-order valence-electron chi connectivity index (χ0n) is 12.3. The summed E-state index contributed by atoms with van der Waals surface area (Å²) in [5.41, 5.74) is 3.33. The summed E-state index contributed by atoms with van der Waals surface area (Å²) in [6.45, 7) is 1.83. The fourth-order valence-corrected chi connectivity index (χ4v) is 4.97. The van der Waals surface area contributed by atoms with Gasteiger partial charge < -0.3 is 5.32 Å². The first-order chi connectivity index (χ1) is 10.6. The lowest BCUT2D eigenvalue weighted by Gasteiger charge is -2.07. The van der Waals surface area contributed by atoms with E-state index in [-0.39, 0.29) is 17.6 Å². The number of anilines is 1. The first-order valence-corrected chi connectivity index (χ1v) is 9.21. The van der Waals surface area contributed by atoms with E-state index in [1.165, 1.54) is 22.0 Å². The molecule has 2 aliphatic carbocycles. The van der Waals surface area contributed by atoms with Crippen molar-refractivity contribution in [2.45, 2.75) is 39.0 Å². The number of fused-ring (bicyclic) bond motifs is 1. The van der Waals surface area contributed by atoms with Gasteiger partial charge in [0.15, 0.2) is 5.78 Å². The Labute approximate surface area is 136 Å². The third kappa shape index (κ3) is 2.30. The van der Waals surface area contributed by atoms with Crippen LogP contribution >= 0.6 is 22.9 Å². The molecule has 0 radical (unpaired) electrons. The van der Waals surface area contributed by atoms with Crippen LogP contribution in [-0.2, 0) is 12.8 Å². The Bertz CT molecular complexity index is 771. The molecule has 0 saturated heterocycles. The molecule has 114 valence electrons. The van der Waals surface area contributed by atoms with Crippen molar-refractivity contribution in [3.05, 3.63) is 32.6 Å². The second kappa shape index (κ2) is 5.28. The number of hydrogen-bond donors (Lipinski definition) is 1. The Hall–Kier alpha value is -1.53. The summed E-state index contributed by atoms with van der Waals surface area (Å²) in [5.74, 6) is 0.255. The molecule has 2 heterocycles. The maximum Gasteiger partial charge on any atom is 0.259 e. The van der Waals surface area contributed by atoms with Crippen molar-refractivity contribution in [1.29, 1.82) is 0 Å². The zero-order valence-corrected chi connectivity index (χ0v) is 13.9. The minimum absolute atomic E-state index is 0.156. The van der Waals surface area contributed by atoms with Gasteiger partial charge in [-0.05, 0) is 56.1 Å². The van der Waals surface area contributed by atoms with E-state index in [1.807, 2.05) is 6.92 Å². The van der Waals surface area contributed by atoms with E-state index in [0.717, 1.165) is 48.4 Å². The molecule has 2 aromatic rings. The molecule has 4 nitrogen and oxygen atoms in total. The van der Waals surface area contributed by atoms with E-state index >= 15 is 0 Å². The van der Waals surface area contributed by atoms with Gasteiger partial charge in [-0.3, -0.25) is 9.59 Å². The molecule has 0 spiro atoms. The lowest BCUT2D eigenvalue weighted by Crippen LogP contribution is -2.15. The molecule has 2 aliphatic rings. The minimum atomic E-state index is -0.156. The van der Waals surface area contributed by atoms with Crippen molar-refractivity contribution in [1.82, 2.24) is 4.37 Å². The first kappa shape index (κ1) is 14.1. The second-order valence-electron chi connectivity index (χ2n) is 5.97. The molecular weight excluding hydrogens is 316 g/mol. The van der Waals surface area contributed by atoms with Crippen LogP contribution in [0.1, 0.15) is 56.1 Å². The molecule has 0 aromatic carbocycles. The highest BCUT2D eigenvalue weighted by molar-refractivity contribution is 7.17. The number of rotatable bonds is 4. The average molecular weight is 332 g/mol. The maximum atomic E-state index is 12.6. The molecule has 1 saturated carbocycles. The summed E-state index contributed by atoms with van der Waals surface area (Å²) in [5, 5.41) is 5.48. The summed E-state index contributed by atoms with van der Waals surface area (Å²) in [6.07, 6.45) is 5.09. The number of carbonyl (C=O) groups excluding carboxylic acids is 2. The Kier molecular flexibility index (Phi) is 3.38. The molecule has 0 atom stereocenters. The van der Waals surface area contributed by atoms with Crippen LogP contribution in [-0.4, -0.2) is 16.1 Å². The van der Waals surface area contributed by atoms with Crippen molar-refractivity contribution in [2.24, 2.45) is 5.92 Å². The topological polar surface area (TPSA) is 59.1 Å². The van der Waals surface area contributed by atoms with Crippen LogP contribution in [0.2, 0.25) is 0 Å². The average Bonchev–Trinajstić information content (AvgIpc) is 2.95. The van der Waals surface area contributed by atoms with Crippen LogP contribution in [0, 0.1) is 12.8 Å². The number of thiophene rings is 1. The molecule has 6 heteroatoms. The third-order valence-corrected chi connectivity index (χ3v) is 6.27. The van der Waals surface area contributed by atoms with E-state index in [2.05, 4.69) is 9.69 Å². The quantitative estimate of drug-likeness (QED) is 0.865. The van der Waals surface area contributed by atoms with Gasteiger partial charge in [0.05, 0.1) is 16.8 Å². The lowest BCUT2D eigenvalue weighted by molar-refractivity contribution is 0.0968. The Morgan fingerprint density at radius 3 is 2.82 bits per heavy atom. The molecule has 1 fully saturated rings. The van der Waals surface area contributed by atoms with Gasteiger partial charge in [0.1, 0.15) is 5.00 Å². The Balaban J connectivity index is 1.68. The molecule has 1 N–H and O–H groups in total. The summed E-state index contributed by atoms with van der Waals surface area (Å²) in [6, 6.07) is 0. The summed E-state index contributed by atoms with van der Waals surface area (Å²) in [4.78, 5) is 26.3. The maximum absolute atomic E-state index is 12.6. The number of amides is 1. The van der Waals surface area contributed by atoms with E-state index in [1.54, 1.807) is 16.7 Å². The Morgan fingerprint density at radius 2 is 2.14 bits per heavy atom. The first-order valence-electron chi connectivity index (χ1n) is 7.56. The summed E-state index contributed by atoms with van der Waals surface area (Å²) in [7, 11) is 0. The number of carbonyl (C=O) groups is 2. The van der Waals surface area contributed by atoms with Crippen LogP contribution in [0.15, 0.2) is 5.38 Å². The zero-order chi connectivity index (χ0) is 15.3. The van der Waals surface area contributed by atoms with Gasteiger partial charge >= 0.3 is 0 Å². The molecular formula is C16H16N2O2S2. The molecule has 1 amide bonds. The SMILES string of the molecule is Cc1nscc1C(=O)Nc1sc2c(c1C(=O)C1CC1)CCC2. The van der Waals surface area contributed by atoms with Crippen LogP contribution in [0.5, 0.6) is 0 Å². The van der Waals surface area contributed by atoms with Gasteiger partial charge in [-0.1, -0.05) is 0 Å². The number of nitrogens with zero attached hydrogens (tertiary/aromatic N) is 1. The number of aryl methyl sites for hydroxylation is 2. The largest absolute Gasteiger partial charge is 0.313 e. The molecule has 4 rings (SSSR count). The lowest BCUT2D eigenvalue weighted by atomic mass is 10.0. The molecule has 0 bridgehead atoms. The second-order valence-corrected chi connectivity index (χ2v) is 7.70. The summed E-state index contributed by atoms with van der Waals surface area (Å²) >= 11 is 2.86. The van der Waals surface area contributed by atoms with Crippen molar-refractivity contribution >= 4 is 39.6 Å². The van der Waals surface area contributed by atoms with Crippen LogP contribution in [0.25, 0.3) is 0 Å². The monoisotopic (exact) mass is 332 g/mol. The van der Waals surface area contributed by atoms with Crippen molar-refractivity contribution in [3.8, 4) is 0 Å². The predicted octanol–water partition coefficient (Wildman–Crippen LogP) is 3.85. The Morgan fingerprint density at radius 1 is 1.32 bits per heavy atom. The highest BCUT2D eigenvalue weighted by atomic mass is 32.1. The fraction of sp³-hybridized carbons (Fsp3) is 0.438. The van der Waals surface area contributed by atoms with Gasteiger partial charge in [0.2, 0.25) is 0 Å². The van der Waals surface area contributed by atoms with Gasteiger partial charge in [0, 0.05) is 16.2 Å². The number of hydrogen-bond acceptors (Lipinski definition) is 5. The molecule has 22 heavy (non-hydrogen) atoms. The van der Waals surface area contributed by atoms with Crippen molar-refractivity contribution < 1.29 is 9.59 Å². The highest BCUT2D eigenvalue weighted by Crippen LogP contribution is 2.43. The summed E-state index contributed by atoms with van der Waals surface area (Å²) < 4.78 is 4.14. The van der Waals surface area contributed by atoms with Crippen LogP contribution in [0.3, 0.4) is 0 Å². The third-order valence-electron chi connectivity index (χ3n) is 4.34. The number of aromatic nitrogens is 1. The van der Waals surface area contributed by atoms with E-state index < -0.39 is 0 Å². The van der Waals surface area contributed by atoms with Crippen molar-refractivity contribution in [2.75, 3.05) is 5.32 Å². The van der Waals surface area contributed by atoms with E-state index in [4.69, 9.17) is 0 Å². The van der Waals surface area contributed by atoms with Gasteiger partial charge in [0.25, 0.3) is 5.91 Å². The van der Waals surface area contributed by atoms with Crippen molar-refractivity contribution in [3.63, 3.8) is 0 Å². The smallest absolute Gasteiger partial charge is 0.259 e. The van der Waals surface area contributed by atoms with Gasteiger partial charge in [-0.2, -0.15) is 4.37 Å². The number of Topliss-reactive ketones (excluding diaryl/α,β-unsaturated/α-hetero) is 1. The normalized spacial score (nSPS) is 16.6. The van der Waals surface area contributed by atoms with Gasteiger partial charge in [-0.25, -0.2) is 0 Å². The van der Waals surface area contributed by atoms with Crippen LogP contribution in [0.4, 0.5) is 5.00 Å². The van der Waals surface area contributed by atoms with E-state index in [0.29, 0.717) is 5.56 Å². The molecule has 0 aliphatic heterocycles. The highest BCUT2D eigenvalue weighted by Gasteiger charge is 2.36. The number of nitrogens with one attached hydrogen (secondary N) is 1. The predicted molar refractivity (Wildman–Crippen MR) is 88.2 cm³/mol. The molecule has 0 unspecified atom stereocenters. The standard InChI is InChI=1S/C16H16N2O2S2/c1-8-11(7-21-18-8)15(20)17-16-13(14(19)9-5-6-9)10-3-2-4-12(10)22-16/h7,9H,2-6H2,1H3,(H,17,20). The van der Waals surface area contributed by atoms with Gasteiger partial charge in [-0.15, -0.1) is 11.3 Å². The minimum Gasteiger partial charge on any atom is -0.313 e. The molecule has 2 aromatic heterocycles. The number of ketones is 1.